The van der Waals surface area contributed by atoms with Gasteiger partial charge in [-0.3, -0.25) is 4.79 Å². The molecule has 0 radical (unpaired) electrons. The van der Waals surface area contributed by atoms with E-state index >= 15 is 0 Å². The highest BCUT2D eigenvalue weighted by molar-refractivity contribution is 5.98. The Morgan fingerprint density at radius 3 is 2.53 bits per heavy atom. The highest BCUT2D eigenvalue weighted by Gasteiger charge is 2.31. The monoisotopic (exact) mass is 422 g/mol. The van der Waals surface area contributed by atoms with Crippen LogP contribution in [-0.4, -0.2) is 40.2 Å². The van der Waals surface area contributed by atoms with E-state index < -0.39 is 56.0 Å². The molecule has 0 atom stereocenters. The summed E-state index contributed by atoms with van der Waals surface area (Å²) in [4.78, 5) is 21.3. The summed E-state index contributed by atoms with van der Waals surface area (Å²) in [5.74, 6) is -2.14. The number of ether oxygens (including phenoxy) is 2. The molecule has 0 saturated heterocycles. The lowest BCUT2D eigenvalue weighted by atomic mass is 10.0. The van der Waals surface area contributed by atoms with E-state index in [4.69, 9.17) is 14.3 Å². The predicted octanol–water partition coefficient (Wildman–Crippen LogP) is 4.08. The fraction of sp³-hybridized carbons (Fsp3) is 0.190. The minimum absolute atomic E-state index is 0.257. The normalized spacial score (nSPS) is 20.7. The Morgan fingerprint density at radius 1 is 1.13 bits per heavy atom. The summed E-state index contributed by atoms with van der Waals surface area (Å²) in [5, 5.41) is 0. The zero-order valence-corrected chi connectivity index (χ0v) is 14.9. The Labute approximate surface area is 179 Å². The molecular weight excluding hydrogens is 399 g/mol. The number of alkyl halides is 3. The Kier molecular flexibility index (Phi) is 3.43. The van der Waals surface area contributed by atoms with Crippen molar-refractivity contribution in [3.8, 4) is 22.6 Å². The van der Waals surface area contributed by atoms with Gasteiger partial charge in [0.15, 0.2) is 0 Å². The predicted molar refractivity (Wildman–Crippen MR) is 101 cm³/mol. The van der Waals surface area contributed by atoms with Crippen molar-refractivity contribution in [2.75, 3.05) is 13.1 Å². The first-order valence-electron chi connectivity index (χ1n) is 11.9. The van der Waals surface area contributed by atoms with Gasteiger partial charge in [-0.2, -0.15) is 0 Å². The third-order valence-corrected chi connectivity index (χ3v) is 4.00. The zero-order chi connectivity index (χ0) is 27.3. The Balaban J connectivity index is 1.75. The molecule has 9 heteroatoms. The van der Waals surface area contributed by atoms with Gasteiger partial charge >= 0.3 is 6.36 Å². The van der Waals surface area contributed by atoms with Gasteiger partial charge in [-0.05, 0) is 41.4 Å². The average Bonchev–Trinajstić information content (AvgIpc) is 2.84. The van der Waals surface area contributed by atoms with Gasteiger partial charge in [-0.25, -0.2) is 9.97 Å². The first kappa shape index (κ1) is 12.8. The Morgan fingerprint density at radius 2 is 1.83 bits per heavy atom. The third-order valence-electron chi connectivity index (χ3n) is 4.00. The van der Waals surface area contributed by atoms with Gasteiger partial charge in [-0.15, -0.1) is 13.2 Å². The molecular formula is C21H16F3N3O3. The SMILES string of the molecule is [2H]c1nc(CN2C(=O)c3cc(-c4ccc(OC(F)(F)F)cc4)ccc3OC([2H])([2H])C2([2H])[2H])nc([2H])c1[2H]. The third kappa shape index (κ3) is 4.51. The van der Waals surface area contributed by atoms with Crippen molar-refractivity contribution < 1.29 is 37.0 Å². The van der Waals surface area contributed by atoms with Crippen LogP contribution in [0.1, 0.15) is 25.8 Å². The summed E-state index contributed by atoms with van der Waals surface area (Å²) in [7, 11) is 0. The molecule has 0 fully saturated rings. The Bertz CT molecular complexity index is 1350. The fourth-order valence-electron chi connectivity index (χ4n) is 2.70. The molecule has 2 aromatic carbocycles. The summed E-state index contributed by atoms with van der Waals surface area (Å²) in [5.41, 5.74) is 0.445. The van der Waals surface area contributed by atoms with E-state index in [9.17, 15) is 18.0 Å². The number of hydrogen-bond donors (Lipinski definition) is 0. The van der Waals surface area contributed by atoms with E-state index in [2.05, 4.69) is 14.7 Å². The van der Waals surface area contributed by atoms with Gasteiger partial charge in [0.25, 0.3) is 5.91 Å². The second kappa shape index (κ2) is 8.02. The lowest BCUT2D eigenvalue weighted by molar-refractivity contribution is -0.274. The number of fused-ring (bicyclic) bond motifs is 1. The number of aromatic nitrogens is 2. The van der Waals surface area contributed by atoms with Crippen molar-refractivity contribution in [3.05, 3.63) is 72.2 Å². The Hall–Kier alpha value is -3.62. The molecule has 1 amide bonds. The maximum Gasteiger partial charge on any atom is 0.573 e. The van der Waals surface area contributed by atoms with Crippen LogP contribution in [0.25, 0.3) is 11.1 Å². The highest BCUT2D eigenvalue weighted by Crippen LogP contribution is 2.31. The minimum Gasteiger partial charge on any atom is -0.491 e. The molecule has 154 valence electrons. The van der Waals surface area contributed by atoms with Crippen molar-refractivity contribution in [1.82, 2.24) is 14.9 Å². The standard InChI is InChI=1S/C21H16F3N3O3/c22-21(23,24)30-16-5-2-14(3-6-16)15-4-7-18-17(12-15)20(28)27(10-11-29-18)13-19-25-8-1-9-26-19/h1-9,12H,10-11,13H2/i1D,8D,9D,10D2,11D2. The van der Waals surface area contributed by atoms with E-state index in [1.165, 1.54) is 30.3 Å². The second-order valence-electron chi connectivity index (χ2n) is 5.98. The molecule has 0 N–H and O–H groups in total. The average molecular weight is 422 g/mol. The van der Waals surface area contributed by atoms with E-state index in [1.807, 2.05) is 0 Å². The van der Waals surface area contributed by atoms with Crippen molar-refractivity contribution in [2.24, 2.45) is 0 Å². The molecule has 3 aromatic rings. The zero-order valence-electron chi connectivity index (χ0n) is 21.9. The number of halogens is 3. The van der Waals surface area contributed by atoms with Gasteiger partial charge in [0.1, 0.15) is 23.9 Å². The van der Waals surface area contributed by atoms with Crippen molar-refractivity contribution in [1.29, 1.82) is 0 Å². The van der Waals surface area contributed by atoms with Crippen molar-refractivity contribution in [3.63, 3.8) is 0 Å². The van der Waals surface area contributed by atoms with Crippen LogP contribution in [0.4, 0.5) is 13.2 Å². The highest BCUT2D eigenvalue weighted by atomic mass is 19.4. The summed E-state index contributed by atoms with van der Waals surface area (Å²) < 4.78 is 102. The molecule has 0 unspecified atom stereocenters. The first-order valence-corrected chi connectivity index (χ1v) is 8.41. The lowest BCUT2D eigenvalue weighted by Crippen LogP contribution is -2.32. The number of benzene rings is 2. The molecule has 30 heavy (non-hydrogen) atoms. The van der Waals surface area contributed by atoms with Gasteiger partial charge in [0.2, 0.25) is 0 Å². The van der Waals surface area contributed by atoms with Crippen molar-refractivity contribution in [2.45, 2.75) is 12.9 Å². The lowest BCUT2D eigenvalue weighted by Gasteiger charge is -2.19. The van der Waals surface area contributed by atoms with Gasteiger partial charge in [0, 0.05) is 12.3 Å². The number of hydrogen-bond acceptors (Lipinski definition) is 5. The molecule has 6 nitrogen and oxygen atoms in total. The van der Waals surface area contributed by atoms with Crippen LogP contribution in [0.15, 0.2) is 60.9 Å². The second-order valence-corrected chi connectivity index (χ2v) is 5.98. The number of carbonyl (C=O) groups is 1. The van der Waals surface area contributed by atoms with Crippen LogP contribution in [0, 0.1) is 0 Å². The van der Waals surface area contributed by atoms with Crippen LogP contribution in [0.2, 0.25) is 0 Å². The molecule has 2 heterocycles. The molecule has 1 aliphatic rings. The topological polar surface area (TPSA) is 64.6 Å². The van der Waals surface area contributed by atoms with Crippen LogP contribution in [0.5, 0.6) is 11.5 Å². The van der Waals surface area contributed by atoms with Crippen LogP contribution < -0.4 is 9.47 Å². The smallest absolute Gasteiger partial charge is 0.491 e. The summed E-state index contributed by atoms with van der Waals surface area (Å²) in [6.45, 7) is -6.89. The van der Waals surface area contributed by atoms with Crippen molar-refractivity contribution >= 4 is 5.91 Å². The molecule has 1 aliphatic heterocycles. The quantitative estimate of drug-likeness (QED) is 0.634. The maximum atomic E-state index is 13.5. The fourth-order valence-corrected chi connectivity index (χ4v) is 2.70. The number of rotatable bonds is 4. The number of amides is 1. The minimum atomic E-state index is -4.87. The van der Waals surface area contributed by atoms with Gasteiger partial charge in [0.05, 0.1) is 28.2 Å². The van der Waals surface area contributed by atoms with Crippen LogP contribution in [-0.2, 0) is 6.54 Å². The molecule has 0 bridgehead atoms. The van der Waals surface area contributed by atoms with Gasteiger partial charge in [-0.1, -0.05) is 18.2 Å². The van der Waals surface area contributed by atoms with Crippen LogP contribution >= 0.6 is 0 Å². The number of nitrogens with zero attached hydrogens (tertiary/aromatic N) is 3. The van der Waals surface area contributed by atoms with Gasteiger partial charge < -0.3 is 14.4 Å². The van der Waals surface area contributed by atoms with E-state index in [0.717, 1.165) is 12.1 Å². The summed E-state index contributed by atoms with van der Waals surface area (Å²) in [6.07, 6.45) is -6.13. The summed E-state index contributed by atoms with van der Waals surface area (Å²) in [6, 6.07) is 8.10. The van der Waals surface area contributed by atoms with E-state index in [1.54, 1.807) is 0 Å². The maximum absolute atomic E-state index is 13.5. The van der Waals surface area contributed by atoms with E-state index in [0.29, 0.717) is 16.0 Å². The molecule has 0 saturated carbocycles. The number of carbonyl (C=O) groups excluding carboxylic acids is 1. The van der Waals surface area contributed by atoms with E-state index in [-0.39, 0.29) is 17.1 Å². The molecule has 0 aliphatic carbocycles. The molecule has 0 spiro atoms. The molecule has 4 rings (SSSR count). The summed E-state index contributed by atoms with van der Waals surface area (Å²) >= 11 is 0. The molecule has 1 aromatic heterocycles. The van der Waals surface area contributed by atoms with Crippen LogP contribution in [0.3, 0.4) is 0 Å². The largest absolute Gasteiger partial charge is 0.573 e. The first-order chi connectivity index (χ1) is 17.1.